The van der Waals surface area contributed by atoms with Gasteiger partial charge in [-0.05, 0) is 0 Å². The summed E-state index contributed by atoms with van der Waals surface area (Å²) in [6.07, 6.45) is -2.54. The molecule has 4 N–H and O–H groups in total. The molecule has 0 amide bonds. The SMILES string of the molecule is [B]C1OC(CO)C(O)C1OCC(CN)OC. The van der Waals surface area contributed by atoms with Crippen LogP contribution in [0.1, 0.15) is 0 Å². The second kappa shape index (κ2) is 6.53. The maximum absolute atomic E-state index is 9.72. The van der Waals surface area contributed by atoms with E-state index in [1.807, 2.05) is 0 Å². The van der Waals surface area contributed by atoms with Gasteiger partial charge < -0.3 is 30.2 Å². The number of ether oxygens (including phenoxy) is 3. The second-order valence-corrected chi connectivity index (χ2v) is 3.70. The third kappa shape index (κ3) is 3.16. The summed E-state index contributed by atoms with van der Waals surface area (Å²) in [5, 5.41) is 18.6. The van der Waals surface area contributed by atoms with E-state index >= 15 is 0 Å². The van der Waals surface area contributed by atoms with Crippen LogP contribution in [0.2, 0.25) is 0 Å². The van der Waals surface area contributed by atoms with Gasteiger partial charge >= 0.3 is 0 Å². The van der Waals surface area contributed by atoms with Crippen LogP contribution in [0.4, 0.5) is 0 Å². The number of methoxy groups -OCH3 is 1. The van der Waals surface area contributed by atoms with Crippen LogP contribution < -0.4 is 5.73 Å². The molecule has 0 saturated carbocycles. The van der Waals surface area contributed by atoms with Crippen LogP contribution in [0.25, 0.3) is 0 Å². The fourth-order valence-corrected chi connectivity index (χ4v) is 1.56. The van der Waals surface area contributed by atoms with Crippen molar-refractivity contribution in [3.05, 3.63) is 0 Å². The van der Waals surface area contributed by atoms with Crippen molar-refractivity contribution in [2.75, 3.05) is 26.9 Å². The van der Waals surface area contributed by atoms with Gasteiger partial charge in [0.2, 0.25) is 0 Å². The molecule has 16 heavy (non-hydrogen) atoms. The monoisotopic (exact) mass is 231 g/mol. The first-order valence-corrected chi connectivity index (χ1v) is 5.18. The van der Waals surface area contributed by atoms with E-state index in [1.54, 1.807) is 0 Å². The smallest absolute Gasteiger partial charge is 0.112 e. The van der Waals surface area contributed by atoms with Gasteiger partial charge in [-0.3, -0.25) is 0 Å². The molecule has 0 bridgehead atoms. The molecule has 0 spiro atoms. The Bertz CT molecular complexity index is 204. The van der Waals surface area contributed by atoms with Crippen LogP contribution >= 0.6 is 0 Å². The molecule has 1 aliphatic heterocycles. The van der Waals surface area contributed by atoms with Crippen LogP contribution in [0.5, 0.6) is 0 Å². The lowest BCUT2D eigenvalue weighted by molar-refractivity contribution is -0.0632. The third-order valence-corrected chi connectivity index (χ3v) is 2.62. The summed E-state index contributed by atoms with van der Waals surface area (Å²) < 4.78 is 15.5. The Labute approximate surface area is 96.1 Å². The first kappa shape index (κ1) is 13.9. The summed E-state index contributed by atoms with van der Waals surface area (Å²) in [7, 11) is 7.14. The Balaban J connectivity index is 2.41. The lowest BCUT2D eigenvalue weighted by atomic mass is 9.93. The van der Waals surface area contributed by atoms with E-state index in [2.05, 4.69) is 0 Å². The zero-order valence-electron chi connectivity index (χ0n) is 9.28. The molecule has 0 aromatic heterocycles. The van der Waals surface area contributed by atoms with E-state index in [0.717, 1.165) is 0 Å². The average Bonchev–Trinajstić information content (AvgIpc) is 2.56. The largest absolute Gasteiger partial charge is 0.394 e. The van der Waals surface area contributed by atoms with E-state index in [-0.39, 0.29) is 19.3 Å². The number of aliphatic hydroxyl groups excluding tert-OH is 2. The van der Waals surface area contributed by atoms with Crippen molar-refractivity contribution in [2.24, 2.45) is 5.73 Å². The summed E-state index contributed by atoms with van der Waals surface area (Å²) >= 11 is 0. The fourth-order valence-electron chi connectivity index (χ4n) is 1.56. The number of nitrogens with two attached hydrogens (primary N) is 1. The maximum atomic E-state index is 9.72. The summed E-state index contributed by atoms with van der Waals surface area (Å²) in [5.41, 5.74) is 5.42. The lowest BCUT2D eigenvalue weighted by Crippen LogP contribution is -2.39. The topological polar surface area (TPSA) is 94.2 Å². The Kier molecular flexibility index (Phi) is 5.67. The highest BCUT2D eigenvalue weighted by Crippen LogP contribution is 2.22. The average molecular weight is 231 g/mol. The molecular weight excluding hydrogens is 213 g/mol. The van der Waals surface area contributed by atoms with Gasteiger partial charge in [0.1, 0.15) is 26.2 Å². The highest BCUT2D eigenvalue weighted by Gasteiger charge is 2.41. The summed E-state index contributed by atoms with van der Waals surface area (Å²) in [4.78, 5) is 0. The molecule has 92 valence electrons. The van der Waals surface area contributed by atoms with E-state index in [1.165, 1.54) is 7.11 Å². The molecule has 2 radical (unpaired) electrons. The van der Waals surface area contributed by atoms with Crippen molar-refractivity contribution in [3.63, 3.8) is 0 Å². The van der Waals surface area contributed by atoms with Gasteiger partial charge in [0.25, 0.3) is 0 Å². The van der Waals surface area contributed by atoms with E-state index < -0.39 is 24.3 Å². The van der Waals surface area contributed by atoms with E-state index in [4.69, 9.17) is 32.9 Å². The molecule has 0 aromatic rings. The van der Waals surface area contributed by atoms with Gasteiger partial charge in [-0.2, -0.15) is 0 Å². The Morgan fingerprint density at radius 1 is 1.56 bits per heavy atom. The van der Waals surface area contributed by atoms with Gasteiger partial charge in [-0.1, -0.05) is 0 Å². The minimum Gasteiger partial charge on any atom is -0.394 e. The number of rotatable bonds is 6. The van der Waals surface area contributed by atoms with Crippen molar-refractivity contribution >= 4 is 7.85 Å². The van der Waals surface area contributed by atoms with Gasteiger partial charge in [0, 0.05) is 19.7 Å². The van der Waals surface area contributed by atoms with Crippen molar-refractivity contribution in [2.45, 2.75) is 30.4 Å². The molecule has 6 nitrogen and oxygen atoms in total. The van der Waals surface area contributed by atoms with E-state index in [9.17, 15) is 5.11 Å². The Hall–Kier alpha value is -0.175. The second-order valence-electron chi connectivity index (χ2n) is 3.70. The normalized spacial score (nSPS) is 36.5. The molecule has 1 rings (SSSR count). The zero-order chi connectivity index (χ0) is 12.1. The molecular formula is C9H18BNO5. The van der Waals surface area contributed by atoms with Crippen molar-refractivity contribution in [1.82, 2.24) is 0 Å². The third-order valence-electron chi connectivity index (χ3n) is 2.62. The summed E-state index contributed by atoms with van der Waals surface area (Å²) in [6.45, 7) is 0.252. The summed E-state index contributed by atoms with van der Waals surface area (Å²) in [6, 6.07) is -0.748. The standard InChI is InChI=1S/C9H18BNO5/c1-14-5(2-11)4-15-8-7(13)6(3-12)16-9(8)10/h5-9,12-13H,2-4,11H2,1H3. The molecule has 5 unspecified atom stereocenters. The van der Waals surface area contributed by atoms with Crippen LogP contribution in [0.15, 0.2) is 0 Å². The molecule has 0 aliphatic carbocycles. The molecule has 1 aliphatic rings. The zero-order valence-corrected chi connectivity index (χ0v) is 9.28. The fraction of sp³-hybridized carbons (Fsp3) is 1.00. The van der Waals surface area contributed by atoms with Crippen LogP contribution in [-0.4, -0.2) is 75.3 Å². The minimum absolute atomic E-state index is 0.226. The van der Waals surface area contributed by atoms with Crippen LogP contribution in [0.3, 0.4) is 0 Å². The van der Waals surface area contributed by atoms with E-state index in [0.29, 0.717) is 6.54 Å². The Morgan fingerprint density at radius 2 is 2.25 bits per heavy atom. The van der Waals surface area contributed by atoms with Crippen molar-refractivity contribution < 1.29 is 24.4 Å². The number of hydrogen-bond acceptors (Lipinski definition) is 6. The first-order chi connectivity index (χ1) is 7.63. The highest BCUT2D eigenvalue weighted by atomic mass is 16.6. The quantitative estimate of drug-likeness (QED) is 0.441. The molecule has 1 heterocycles. The number of hydrogen-bond donors (Lipinski definition) is 3. The van der Waals surface area contributed by atoms with Gasteiger partial charge in [0.15, 0.2) is 0 Å². The van der Waals surface area contributed by atoms with Crippen molar-refractivity contribution in [1.29, 1.82) is 0 Å². The molecule has 5 atom stereocenters. The first-order valence-electron chi connectivity index (χ1n) is 5.18. The van der Waals surface area contributed by atoms with Gasteiger partial charge in [-0.15, -0.1) is 0 Å². The highest BCUT2D eigenvalue weighted by molar-refractivity contribution is 6.11. The van der Waals surface area contributed by atoms with Gasteiger partial charge in [-0.25, -0.2) is 0 Å². The number of aliphatic hydroxyl groups is 2. The van der Waals surface area contributed by atoms with Gasteiger partial charge in [0.05, 0.1) is 19.3 Å². The van der Waals surface area contributed by atoms with Crippen molar-refractivity contribution in [3.8, 4) is 0 Å². The predicted octanol–water partition coefficient (Wildman–Crippen LogP) is -2.41. The molecule has 0 aromatic carbocycles. The maximum Gasteiger partial charge on any atom is 0.112 e. The lowest BCUT2D eigenvalue weighted by Gasteiger charge is -2.21. The minimum atomic E-state index is -0.935. The molecule has 1 fully saturated rings. The molecule has 7 heteroatoms. The van der Waals surface area contributed by atoms with Crippen LogP contribution in [0, 0.1) is 0 Å². The Morgan fingerprint density at radius 3 is 2.69 bits per heavy atom. The predicted molar refractivity (Wildman–Crippen MR) is 57.1 cm³/mol. The summed E-state index contributed by atoms with van der Waals surface area (Å²) in [5.74, 6) is 0. The molecule has 1 saturated heterocycles. The van der Waals surface area contributed by atoms with Crippen LogP contribution in [-0.2, 0) is 14.2 Å².